The molecule has 86 valence electrons. The Kier molecular flexibility index (Phi) is 4.48. The van der Waals surface area contributed by atoms with Crippen molar-refractivity contribution in [1.29, 1.82) is 0 Å². The van der Waals surface area contributed by atoms with Crippen LogP contribution in [-0.2, 0) is 0 Å². The molecule has 0 aliphatic rings. The molecular formula is C15H20O. The second kappa shape index (κ2) is 5.64. The van der Waals surface area contributed by atoms with E-state index in [1.165, 1.54) is 0 Å². The van der Waals surface area contributed by atoms with E-state index < -0.39 is 0 Å². The Morgan fingerprint density at radius 1 is 1.19 bits per heavy atom. The first-order valence-corrected chi connectivity index (χ1v) is 5.80. The molecule has 1 nitrogen and oxygen atoms in total. The van der Waals surface area contributed by atoms with E-state index in [1.807, 2.05) is 24.3 Å². The molecule has 0 fully saturated rings. The van der Waals surface area contributed by atoms with E-state index >= 15 is 0 Å². The van der Waals surface area contributed by atoms with Gasteiger partial charge in [0.1, 0.15) is 0 Å². The zero-order valence-electron chi connectivity index (χ0n) is 10.4. The fourth-order valence-corrected chi connectivity index (χ4v) is 1.55. The minimum absolute atomic E-state index is 0.111. The van der Waals surface area contributed by atoms with Gasteiger partial charge in [0.05, 0.1) is 0 Å². The number of hydrogen-bond donors (Lipinski definition) is 0. The van der Waals surface area contributed by atoms with E-state index in [4.69, 9.17) is 0 Å². The number of Topliss-reactive ketones (excluding diaryl/α,β-unsaturated/α-hetero) is 1. The van der Waals surface area contributed by atoms with Crippen LogP contribution in [0.5, 0.6) is 0 Å². The number of benzene rings is 1. The highest BCUT2D eigenvalue weighted by Gasteiger charge is 2.03. The van der Waals surface area contributed by atoms with Gasteiger partial charge in [-0.2, -0.15) is 0 Å². The quantitative estimate of drug-likeness (QED) is 0.669. The van der Waals surface area contributed by atoms with Crippen molar-refractivity contribution in [3.05, 3.63) is 42.0 Å². The minimum Gasteiger partial charge on any atom is -0.295 e. The maximum atomic E-state index is 11.1. The molecule has 1 aromatic rings. The van der Waals surface area contributed by atoms with Crippen molar-refractivity contribution in [2.45, 2.75) is 33.6 Å². The summed E-state index contributed by atoms with van der Waals surface area (Å²) in [5.74, 6) is 0.813. The van der Waals surface area contributed by atoms with Crippen LogP contribution in [0.15, 0.2) is 30.8 Å². The first kappa shape index (κ1) is 12.7. The molecule has 0 saturated carbocycles. The summed E-state index contributed by atoms with van der Waals surface area (Å²) in [6.07, 6.45) is 2.18. The fourth-order valence-electron chi connectivity index (χ4n) is 1.55. The predicted molar refractivity (Wildman–Crippen MR) is 69.6 cm³/mol. The third-order valence-corrected chi connectivity index (χ3v) is 2.72. The molecule has 0 bridgehead atoms. The van der Waals surface area contributed by atoms with Gasteiger partial charge < -0.3 is 0 Å². The Morgan fingerprint density at radius 2 is 1.69 bits per heavy atom. The minimum atomic E-state index is 0.111. The zero-order chi connectivity index (χ0) is 12.1. The molecule has 1 rings (SSSR count). The number of ketones is 1. The molecule has 0 heterocycles. The predicted octanol–water partition coefficient (Wildman–Crippen LogP) is 4.34. The highest BCUT2D eigenvalue weighted by molar-refractivity contribution is 5.94. The van der Waals surface area contributed by atoms with Crippen molar-refractivity contribution in [3.63, 3.8) is 0 Å². The van der Waals surface area contributed by atoms with E-state index in [0.29, 0.717) is 5.92 Å². The van der Waals surface area contributed by atoms with Gasteiger partial charge in [-0.1, -0.05) is 44.7 Å². The molecule has 0 unspecified atom stereocenters. The van der Waals surface area contributed by atoms with Gasteiger partial charge in [0.25, 0.3) is 0 Å². The highest BCUT2D eigenvalue weighted by atomic mass is 16.1. The largest absolute Gasteiger partial charge is 0.295 e. The lowest BCUT2D eigenvalue weighted by molar-refractivity contribution is 0.101. The van der Waals surface area contributed by atoms with Crippen LogP contribution in [0.1, 0.15) is 49.5 Å². The topological polar surface area (TPSA) is 17.1 Å². The number of allylic oxidation sites excluding steroid dienone is 1. The zero-order valence-corrected chi connectivity index (χ0v) is 10.4. The third-order valence-electron chi connectivity index (χ3n) is 2.72. The molecular weight excluding hydrogens is 196 g/mol. The van der Waals surface area contributed by atoms with Crippen molar-refractivity contribution in [3.8, 4) is 0 Å². The average molecular weight is 216 g/mol. The first-order chi connectivity index (χ1) is 7.50. The van der Waals surface area contributed by atoms with E-state index in [2.05, 4.69) is 20.4 Å². The maximum absolute atomic E-state index is 11.1. The van der Waals surface area contributed by atoms with E-state index in [-0.39, 0.29) is 5.78 Å². The Labute approximate surface area is 98.2 Å². The van der Waals surface area contributed by atoms with Gasteiger partial charge in [0.2, 0.25) is 0 Å². The van der Waals surface area contributed by atoms with Gasteiger partial charge in [0, 0.05) is 5.56 Å². The van der Waals surface area contributed by atoms with Crippen LogP contribution in [0.3, 0.4) is 0 Å². The average Bonchev–Trinajstić information content (AvgIpc) is 2.26. The normalized spacial score (nSPS) is 10.5. The van der Waals surface area contributed by atoms with Gasteiger partial charge in [-0.05, 0) is 36.8 Å². The fraction of sp³-hybridized carbons (Fsp3) is 0.400. The number of carbonyl (C=O) groups excluding carboxylic acids is 1. The molecule has 16 heavy (non-hydrogen) atoms. The summed E-state index contributed by atoms with van der Waals surface area (Å²) in [5, 5.41) is 0. The smallest absolute Gasteiger partial charge is 0.159 e. The Balaban J connectivity index is 2.67. The summed E-state index contributed by atoms with van der Waals surface area (Å²) in [6.45, 7) is 10.1. The van der Waals surface area contributed by atoms with Gasteiger partial charge in [0.15, 0.2) is 5.78 Å². The molecule has 1 aromatic carbocycles. The summed E-state index contributed by atoms with van der Waals surface area (Å²) in [7, 11) is 0. The van der Waals surface area contributed by atoms with E-state index in [0.717, 1.165) is 29.5 Å². The van der Waals surface area contributed by atoms with Gasteiger partial charge >= 0.3 is 0 Å². The second-order valence-electron chi connectivity index (χ2n) is 4.67. The maximum Gasteiger partial charge on any atom is 0.159 e. The van der Waals surface area contributed by atoms with Gasteiger partial charge in [-0.15, -0.1) is 0 Å². The summed E-state index contributed by atoms with van der Waals surface area (Å²) >= 11 is 0. The van der Waals surface area contributed by atoms with Crippen LogP contribution in [-0.4, -0.2) is 5.78 Å². The van der Waals surface area contributed by atoms with E-state index in [1.54, 1.807) is 6.92 Å². The van der Waals surface area contributed by atoms with Crippen LogP contribution in [0.2, 0.25) is 0 Å². The molecule has 0 amide bonds. The second-order valence-corrected chi connectivity index (χ2v) is 4.67. The lowest BCUT2D eigenvalue weighted by Gasteiger charge is -2.08. The van der Waals surface area contributed by atoms with Crippen LogP contribution < -0.4 is 0 Å². The molecule has 0 aromatic heterocycles. The Hall–Kier alpha value is -1.37. The molecule has 0 aliphatic carbocycles. The van der Waals surface area contributed by atoms with Crippen LogP contribution in [0, 0.1) is 5.92 Å². The number of hydrogen-bond acceptors (Lipinski definition) is 1. The summed E-state index contributed by atoms with van der Waals surface area (Å²) in [6, 6.07) is 7.72. The lowest BCUT2D eigenvalue weighted by Crippen LogP contribution is -1.93. The molecule has 0 radical (unpaired) electrons. The molecule has 0 atom stereocenters. The standard InChI is InChI=1S/C15H20O/c1-11(2)5-6-12(3)14-7-9-15(10-8-14)13(4)16/h7-11H,3,5-6H2,1-2,4H3. The Bertz CT molecular complexity index is 371. The number of rotatable bonds is 5. The molecule has 0 N–H and O–H groups in total. The summed E-state index contributed by atoms with van der Waals surface area (Å²) < 4.78 is 0. The van der Waals surface area contributed by atoms with Crippen molar-refractivity contribution in [2.75, 3.05) is 0 Å². The van der Waals surface area contributed by atoms with Crippen LogP contribution >= 0.6 is 0 Å². The lowest BCUT2D eigenvalue weighted by atomic mass is 9.97. The van der Waals surface area contributed by atoms with Crippen LogP contribution in [0.4, 0.5) is 0 Å². The van der Waals surface area contributed by atoms with E-state index in [9.17, 15) is 4.79 Å². The summed E-state index contributed by atoms with van der Waals surface area (Å²) in [4.78, 5) is 11.1. The van der Waals surface area contributed by atoms with Gasteiger partial charge in [-0.25, -0.2) is 0 Å². The van der Waals surface area contributed by atoms with Gasteiger partial charge in [-0.3, -0.25) is 4.79 Å². The summed E-state index contributed by atoms with van der Waals surface area (Å²) in [5.41, 5.74) is 3.06. The Morgan fingerprint density at radius 3 is 2.12 bits per heavy atom. The van der Waals surface area contributed by atoms with Crippen molar-refractivity contribution in [1.82, 2.24) is 0 Å². The first-order valence-electron chi connectivity index (χ1n) is 5.80. The molecule has 0 spiro atoms. The molecule has 0 saturated heterocycles. The van der Waals surface area contributed by atoms with Crippen molar-refractivity contribution >= 4 is 11.4 Å². The highest BCUT2D eigenvalue weighted by Crippen LogP contribution is 2.20. The molecule has 1 heteroatoms. The van der Waals surface area contributed by atoms with Crippen molar-refractivity contribution < 1.29 is 4.79 Å². The SMILES string of the molecule is C=C(CCC(C)C)c1ccc(C(C)=O)cc1. The third kappa shape index (κ3) is 3.65. The number of carbonyl (C=O) groups is 1. The van der Waals surface area contributed by atoms with Crippen LogP contribution in [0.25, 0.3) is 5.57 Å². The monoisotopic (exact) mass is 216 g/mol. The van der Waals surface area contributed by atoms with Crippen molar-refractivity contribution in [2.24, 2.45) is 5.92 Å². The molecule has 0 aliphatic heterocycles.